The van der Waals surface area contributed by atoms with E-state index in [0.717, 1.165) is 18.9 Å². The number of halogens is 1. The Labute approximate surface area is 198 Å². The Morgan fingerprint density at radius 3 is 2.59 bits per heavy atom. The first-order chi connectivity index (χ1) is 16.3. The molecule has 1 aromatic heterocycles. The summed E-state index contributed by atoms with van der Waals surface area (Å²) in [7, 11) is -4.01. The predicted molar refractivity (Wildman–Crippen MR) is 123 cm³/mol. The minimum atomic E-state index is -4.01. The Morgan fingerprint density at radius 1 is 1.12 bits per heavy atom. The number of hydrazine groups is 1. The molecule has 2 aromatic carbocycles. The summed E-state index contributed by atoms with van der Waals surface area (Å²) in [6.45, 7) is 0.671. The van der Waals surface area contributed by atoms with Crippen LogP contribution in [0.1, 0.15) is 33.7 Å². The lowest BCUT2D eigenvalue weighted by molar-refractivity contribution is 0.0844. The van der Waals surface area contributed by atoms with E-state index in [2.05, 4.69) is 25.8 Å². The Hall–Kier alpha value is -3.32. The number of H-pyrrole nitrogens is 1. The molecule has 1 aliphatic heterocycles. The van der Waals surface area contributed by atoms with Gasteiger partial charge in [0.15, 0.2) is 5.69 Å². The second-order valence-corrected chi connectivity index (χ2v) is 9.63. The number of benzene rings is 2. The summed E-state index contributed by atoms with van der Waals surface area (Å²) in [5.74, 6) is -1.56. The highest BCUT2D eigenvalue weighted by Crippen LogP contribution is 2.23. The molecule has 178 valence electrons. The number of nitrogens with zero attached hydrogens (tertiary/aromatic N) is 1. The van der Waals surface area contributed by atoms with Crippen LogP contribution in [-0.2, 0) is 14.8 Å². The van der Waals surface area contributed by atoms with E-state index in [4.69, 9.17) is 16.3 Å². The van der Waals surface area contributed by atoms with Crippen molar-refractivity contribution in [2.45, 2.75) is 23.8 Å². The fourth-order valence-corrected chi connectivity index (χ4v) is 5.06. The van der Waals surface area contributed by atoms with Crippen LogP contribution in [0.15, 0.2) is 52.2 Å². The van der Waals surface area contributed by atoms with Gasteiger partial charge >= 0.3 is 0 Å². The molecule has 0 bridgehead atoms. The monoisotopic (exact) mass is 505 g/mol. The minimum Gasteiger partial charge on any atom is -0.377 e. The molecule has 13 heteroatoms. The maximum absolute atomic E-state index is 12.7. The molecule has 0 radical (unpaired) electrons. The summed E-state index contributed by atoms with van der Waals surface area (Å²) >= 11 is 6.07. The second kappa shape index (κ2) is 9.89. The van der Waals surface area contributed by atoms with Crippen LogP contribution in [0.4, 0.5) is 0 Å². The van der Waals surface area contributed by atoms with Crippen LogP contribution in [-0.4, -0.2) is 49.7 Å². The Kier molecular flexibility index (Phi) is 6.93. The molecular formula is C21H20ClN5O6S. The summed E-state index contributed by atoms with van der Waals surface area (Å²) in [5.41, 5.74) is 3.79. The van der Waals surface area contributed by atoms with Crippen LogP contribution < -0.4 is 21.1 Å². The van der Waals surface area contributed by atoms with Gasteiger partial charge in [-0.15, -0.1) is 0 Å². The third kappa shape index (κ3) is 5.09. The Bertz CT molecular complexity index is 1420. The van der Waals surface area contributed by atoms with E-state index < -0.39 is 27.4 Å². The van der Waals surface area contributed by atoms with Gasteiger partial charge in [-0.1, -0.05) is 29.8 Å². The highest BCUT2D eigenvalue weighted by molar-refractivity contribution is 7.89. The van der Waals surface area contributed by atoms with E-state index in [1.54, 1.807) is 18.2 Å². The van der Waals surface area contributed by atoms with Gasteiger partial charge in [0.1, 0.15) is 4.90 Å². The number of aromatic nitrogens is 2. The van der Waals surface area contributed by atoms with Crippen molar-refractivity contribution in [3.63, 3.8) is 0 Å². The lowest BCUT2D eigenvalue weighted by Crippen LogP contribution is -2.42. The number of nitrogens with one attached hydrogen (secondary N) is 4. The largest absolute Gasteiger partial charge is 0.377 e. The van der Waals surface area contributed by atoms with Gasteiger partial charge in [-0.3, -0.25) is 25.2 Å². The molecular weight excluding hydrogens is 486 g/mol. The van der Waals surface area contributed by atoms with Crippen LogP contribution in [0.2, 0.25) is 5.02 Å². The van der Waals surface area contributed by atoms with E-state index in [0.29, 0.717) is 12.0 Å². The van der Waals surface area contributed by atoms with Crippen molar-refractivity contribution in [1.29, 1.82) is 0 Å². The molecule has 1 atom stereocenters. The number of sulfonamides is 1. The molecule has 4 N–H and O–H groups in total. The molecule has 1 fully saturated rings. The standard InChI is InChI=1S/C21H20ClN5O6S/c22-16-8-7-12(10-17(16)34(31,32)23-11-13-4-3-9-33-13)19(28)25-27-21(30)18-14-5-1-2-6-15(14)20(29)26-24-18/h1-2,5-8,10,13,23H,3-4,9,11H2,(H,25,28)(H,26,29)(H,27,30). The van der Waals surface area contributed by atoms with Gasteiger partial charge in [-0.05, 0) is 37.1 Å². The van der Waals surface area contributed by atoms with Crippen LogP contribution in [0.25, 0.3) is 10.8 Å². The van der Waals surface area contributed by atoms with Crippen molar-refractivity contribution >= 4 is 44.2 Å². The number of hydrogen-bond acceptors (Lipinski definition) is 7. The van der Waals surface area contributed by atoms with Crippen molar-refractivity contribution in [2.24, 2.45) is 0 Å². The molecule has 0 aliphatic carbocycles. The molecule has 2 heterocycles. The summed E-state index contributed by atoms with van der Waals surface area (Å²) in [6.07, 6.45) is 1.39. The highest BCUT2D eigenvalue weighted by atomic mass is 35.5. The first-order valence-corrected chi connectivity index (χ1v) is 12.1. The highest BCUT2D eigenvalue weighted by Gasteiger charge is 2.24. The molecule has 34 heavy (non-hydrogen) atoms. The molecule has 11 nitrogen and oxygen atoms in total. The number of carbonyl (C=O) groups is 2. The maximum atomic E-state index is 12.7. The Morgan fingerprint density at radius 2 is 1.85 bits per heavy atom. The van der Waals surface area contributed by atoms with Crippen LogP contribution in [0, 0.1) is 0 Å². The normalized spacial score (nSPS) is 15.9. The van der Waals surface area contributed by atoms with Gasteiger partial charge in [-0.25, -0.2) is 18.2 Å². The molecule has 0 saturated carbocycles. The van der Waals surface area contributed by atoms with E-state index in [9.17, 15) is 22.8 Å². The first kappa shape index (κ1) is 23.8. The van der Waals surface area contributed by atoms with Crippen LogP contribution >= 0.6 is 11.6 Å². The lowest BCUT2D eigenvalue weighted by atomic mass is 10.1. The molecule has 2 amide bonds. The molecule has 3 aromatic rings. The number of amides is 2. The van der Waals surface area contributed by atoms with E-state index in [1.165, 1.54) is 18.2 Å². The minimum absolute atomic E-state index is 0.0542. The van der Waals surface area contributed by atoms with Gasteiger partial charge in [0.05, 0.1) is 16.5 Å². The smallest absolute Gasteiger partial charge is 0.290 e. The average Bonchev–Trinajstić information content (AvgIpc) is 3.35. The van der Waals surface area contributed by atoms with Gasteiger partial charge in [0.2, 0.25) is 10.0 Å². The lowest BCUT2D eigenvalue weighted by Gasteiger charge is -2.13. The van der Waals surface area contributed by atoms with Crippen molar-refractivity contribution in [1.82, 2.24) is 25.8 Å². The van der Waals surface area contributed by atoms with Gasteiger partial charge in [0.25, 0.3) is 17.4 Å². The average molecular weight is 506 g/mol. The van der Waals surface area contributed by atoms with Gasteiger partial charge < -0.3 is 4.74 Å². The SMILES string of the molecule is O=C(NNC(=O)c1n[nH]c(=O)c2ccccc12)c1ccc(Cl)c(S(=O)(=O)NCC2CCCO2)c1. The number of rotatable bonds is 6. The topological polar surface area (TPSA) is 159 Å². The zero-order valence-corrected chi connectivity index (χ0v) is 19.2. The summed E-state index contributed by atoms with van der Waals surface area (Å²) in [4.78, 5) is 36.7. The fraction of sp³-hybridized carbons (Fsp3) is 0.238. The van der Waals surface area contributed by atoms with E-state index in [1.807, 2.05) is 0 Å². The van der Waals surface area contributed by atoms with Gasteiger partial charge in [0, 0.05) is 24.1 Å². The summed E-state index contributed by atoms with van der Waals surface area (Å²) < 4.78 is 33.2. The van der Waals surface area contributed by atoms with E-state index >= 15 is 0 Å². The quantitative estimate of drug-likeness (QED) is 0.365. The molecule has 4 rings (SSSR count). The number of ether oxygens (including phenoxy) is 1. The molecule has 1 unspecified atom stereocenters. The van der Waals surface area contributed by atoms with Crippen LogP contribution in [0.3, 0.4) is 0 Å². The van der Waals surface area contributed by atoms with Crippen LogP contribution in [0.5, 0.6) is 0 Å². The number of carbonyl (C=O) groups excluding carboxylic acids is 2. The number of fused-ring (bicyclic) bond motifs is 1. The fourth-order valence-electron chi connectivity index (χ4n) is 3.47. The zero-order chi connectivity index (χ0) is 24.3. The molecule has 1 saturated heterocycles. The van der Waals surface area contributed by atoms with Crippen molar-refractivity contribution < 1.29 is 22.7 Å². The third-order valence-corrected chi connectivity index (χ3v) is 7.11. The van der Waals surface area contributed by atoms with Crippen molar-refractivity contribution in [3.05, 3.63) is 69.1 Å². The zero-order valence-electron chi connectivity index (χ0n) is 17.6. The molecule has 1 aliphatic rings. The Balaban J connectivity index is 1.47. The van der Waals surface area contributed by atoms with Gasteiger partial charge in [-0.2, -0.15) is 5.10 Å². The maximum Gasteiger partial charge on any atom is 0.290 e. The van der Waals surface area contributed by atoms with E-state index in [-0.39, 0.29) is 39.2 Å². The van der Waals surface area contributed by atoms with Crippen molar-refractivity contribution in [2.75, 3.05) is 13.2 Å². The number of aromatic amines is 1. The summed E-state index contributed by atoms with van der Waals surface area (Å²) in [5, 5.41) is 6.48. The summed E-state index contributed by atoms with van der Waals surface area (Å²) in [6, 6.07) is 10.1. The number of hydrogen-bond donors (Lipinski definition) is 4. The second-order valence-electron chi connectivity index (χ2n) is 7.49. The first-order valence-electron chi connectivity index (χ1n) is 10.2. The van der Waals surface area contributed by atoms with Crippen molar-refractivity contribution in [3.8, 4) is 0 Å². The predicted octanol–water partition coefficient (Wildman–Crippen LogP) is 1.11. The third-order valence-electron chi connectivity index (χ3n) is 5.21. The molecule has 0 spiro atoms.